The van der Waals surface area contributed by atoms with Gasteiger partial charge < -0.3 is 10.8 Å². The Hall–Kier alpha value is -1.28. The van der Waals surface area contributed by atoms with Crippen LogP contribution in [0.5, 0.6) is 5.75 Å². The number of rotatable bonds is 2. The van der Waals surface area contributed by atoms with Crippen molar-refractivity contribution in [2.24, 2.45) is 5.73 Å². The highest BCUT2D eigenvalue weighted by Gasteiger charge is 2.06. The predicted octanol–water partition coefficient (Wildman–Crippen LogP) is 2.29. The van der Waals surface area contributed by atoms with Crippen molar-refractivity contribution in [3.8, 4) is 5.75 Å². The zero-order chi connectivity index (χ0) is 10.7. The summed E-state index contributed by atoms with van der Waals surface area (Å²) in [7, 11) is 0. The lowest BCUT2D eigenvalue weighted by molar-refractivity contribution is 0.470. The first-order valence-electron chi connectivity index (χ1n) is 4.74. The smallest absolute Gasteiger partial charge is 0.119 e. The van der Waals surface area contributed by atoms with Gasteiger partial charge in [-0.1, -0.05) is 12.2 Å². The van der Waals surface area contributed by atoms with E-state index >= 15 is 0 Å². The molecule has 0 radical (unpaired) electrons. The van der Waals surface area contributed by atoms with Gasteiger partial charge in [-0.25, -0.2) is 0 Å². The zero-order valence-electron chi connectivity index (χ0n) is 8.96. The van der Waals surface area contributed by atoms with Crippen molar-refractivity contribution in [2.75, 3.05) is 6.54 Å². The monoisotopic (exact) mass is 191 g/mol. The molecule has 14 heavy (non-hydrogen) atoms. The van der Waals surface area contributed by atoms with E-state index < -0.39 is 0 Å². The number of hydrogen-bond donors (Lipinski definition) is 2. The zero-order valence-corrected chi connectivity index (χ0v) is 8.96. The van der Waals surface area contributed by atoms with Crippen molar-refractivity contribution >= 4 is 6.08 Å². The minimum absolute atomic E-state index is 0.366. The van der Waals surface area contributed by atoms with E-state index in [9.17, 15) is 5.11 Å². The Morgan fingerprint density at radius 3 is 2.50 bits per heavy atom. The largest absolute Gasteiger partial charge is 0.508 e. The summed E-state index contributed by atoms with van der Waals surface area (Å²) in [6.07, 6.45) is 3.93. The first-order chi connectivity index (χ1) is 6.57. The summed E-state index contributed by atoms with van der Waals surface area (Å²) in [5.74, 6) is 0.366. The summed E-state index contributed by atoms with van der Waals surface area (Å²) in [6, 6.07) is 1.79. The Bertz CT molecular complexity index is 367. The van der Waals surface area contributed by atoms with Crippen LogP contribution in [0.15, 0.2) is 12.1 Å². The molecule has 0 aromatic heterocycles. The van der Waals surface area contributed by atoms with Gasteiger partial charge in [0.25, 0.3) is 0 Å². The number of aromatic hydroxyl groups is 1. The van der Waals surface area contributed by atoms with Crippen LogP contribution in [0.4, 0.5) is 0 Å². The maximum atomic E-state index is 9.58. The molecular formula is C12H17NO. The van der Waals surface area contributed by atoms with Crippen molar-refractivity contribution in [3.05, 3.63) is 34.4 Å². The van der Waals surface area contributed by atoms with Crippen molar-refractivity contribution in [3.63, 3.8) is 0 Å². The van der Waals surface area contributed by atoms with E-state index in [-0.39, 0.29) is 0 Å². The van der Waals surface area contributed by atoms with Gasteiger partial charge in [0.2, 0.25) is 0 Å². The van der Waals surface area contributed by atoms with Crippen molar-refractivity contribution < 1.29 is 5.11 Å². The first kappa shape index (κ1) is 10.8. The molecule has 1 rings (SSSR count). The molecule has 76 valence electrons. The summed E-state index contributed by atoms with van der Waals surface area (Å²) in [4.78, 5) is 0. The molecule has 0 unspecified atom stereocenters. The van der Waals surface area contributed by atoms with Crippen LogP contribution in [-0.4, -0.2) is 11.7 Å². The van der Waals surface area contributed by atoms with Crippen LogP contribution in [0.3, 0.4) is 0 Å². The SMILES string of the molecule is Cc1cc(O)c(C)c(C)c1/C=C/CN. The van der Waals surface area contributed by atoms with Crippen molar-refractivity contribution in [1.82, 2.24) is 0 Å². The molecule has 0 aliphatic carbocycles. The van der Waals surface area contributed by atoms with Gasteiger partial charge in [0.1, 0.15) is 5.75 Å². The molecule has 2 heteroatoms. The van der Waals surface area contributed by atoms with E-state index in [1.54, 1.807) is 6.07 Å². The third-order valence-electron chi connectivity index (χ3n) is 2.55. The maximum Gasteiger partial charge on any atom is 0.119 e. The molecule has 3 N–H and O–H groups in total. The Morgan fingerprint density at radius 2 is 1.93 bits per heavy atom. The average molecular weight is 191 g/mol. The van der Waals surface area contributed by atoms with E-state index in [1.807, 2.05) is 32.9 Å². The number of phenols is 1. The van der Waals surface area contributed by atoms with Gasteiger partial charge >= 0.3 is 0 Å². The number of hydrogen-bond acceptors (Lipinski definition) is 2. The van der Waals surface area contributed by atoms with Gasteiger partial charge in [-0.05, 0) is 49.1 Å². The van der Waals surface area contributed by atoms with Gasteiger partial charge in [0.05, 0.1) is 0 Å². The molecule has 0 amide bonds. The highest BCUT2D eigenvalue weighted by Crippen LogP contribution is 2.27. The third-order valence-corrected chi connectivity index (χ3v) is 2.55. The topological polar surface area (TPSA) is 46.2 Å². The number of nitrogens with two attached hydrogens (primary N) is 1. The number of benzene rings is 1. The van der Waals surface area contributed by atoms with Crippen molar-refractivity contribution in [2.45, 2.75) is 20.8 Å². The Kier molecular flexibility index (Phi) is 3.31. The molecule has 0 fully saturated rings. The fourth-order valence-electron chi connectivity index (χ4n) is 1.52. The fourth-order valence-corrected chi connectivity index (χ4v) is 1.52. The molecule has 0 aliphatic heterocycles. The summed E-state index contributed by atoms with van der Waals surface area (Å²) < 4.78 is 0. The van der Waals surface area contributed by atoms with Gasteiger partial charge in [-0.3, -0.25) is 0 Å². The van der Waals surface area contributed by atoms with E-state index in [4.69, 9.17) is 5.73 Å². The minimum atomic E-state index is 0.366. The predicted molar refractivity (Wildman–Crippen MR) is 60.4 cm³/mol. The molecule has 1 aromatic rings. The molecule has 2 nitrogen and oxygen atoms in total. The molecule has 0 aliphatic rings. The Morgan fingerprint density at radius 1 is 1.29 bits per heavy atom. The lowest BCUT2D eigenvalue weighted by Gasteiger charge is -2.10. The maximum absolute atomic E-state index is 9.58. The summed E-state index contributed by atoms with van der Waals surface area (Å²) in [5.41, 5.74) is 9.70. The lowest BCUT2D eigenvalue weighted by Crippen LogP contribution is -1.95. The number of phenolic OH excluding ortho intramolecular Hbond substituents is 1. The fraction of sp³-hybridized carbons (Fsp3) is 0.333. The molecule has 0 atom stereocenters. The Labute approximate surface area is 85.1 Å². The second kappa shape index (κ2) is 4.29. The standard InChI is InChI=1S/C12H17NO/c1-8-7-12(14)10(3)9(2)11(8)5-4-6-13/h4-5,7,14H,6,13H2,1-3H3/b5-4+. The van der Waals surface area contributed by atoms with E-state index in [2.05, 4.69) is 0 Å². The first-order valence-corrected chi connectivity index (χ1v) is 4.74. The quantitative estimate of drug-likeness (QED) is 0.753. The van der Waals surface area contributed by atoms with Crippen LogP contribution < -0.4 is 5.73 Å². The molecule has 0 bridgehead atoms. The van der Waals surface area contributed by atoms with Crippen molar-refractivity contribution in [1.29, 1.82) is 0 Å². The minimum Gasteiger partial charge on any atom is -0.508 e. The van der Waals surface area contributed by atoms with Crippen LogP contribution in [0, 0.1) is 20.8 Å². The van der Waals surface area contributed by atoms with Crippen LogP contribution in [0.25, 0.3) is 6.08 Å². The second-order valence-corrected chi connectivity index (χ2v) is 3.51. The third kappa shape index (κ3) is 1.96. The van der Waals surface area contributed by atoms with Crippen LogP contribution in [-0.2, 0) is 0 Å². The average Bonchev–Trinajstić information content (AvgIpc) is 2.14. The molecular weight excluding hydrogens is 174 g/mol. The van der Waals surface area contributed by atoms with Gasteiger partial charge in [0, 0.05) is 6.54 Å². The molecule has 0 heterocycles. The Balaban J connectivity index is 3.29. The van der Waals surface area contributed by atoms with Crippen LogP contribution in [0.2, 0.25) is 0 Å². The van der Waals surface area contributed by atoms with Gasteiger partial charge in [-0.15, -0.1) is 0 Å². The van der Waals surface area contributed by atoms with Crippen LogP contribution in [0.1, 0.15) is 22.3 Å². The van der Waals surface area contributed by atoms with E-state index in [0.29, 0.717) is 12.3 Å². The lowest BCUT2D eigenvalue weighted by atomic mass is 9.97. The molecule has 0 saturated carbocycles. The van der Waals surface area contributed by atoms with Crippen LogP contribution >= 0.6 is 0 Å². The number of aryl methyl sites for hydroxylation is 1. The summed E-state index contributed by atoms with van der Waals surface area (Å²) >= 11 is 0. The van der Waals surface area contributed by atoms with E-state index in [0.717, 1.165) is 22.3 Å². The normalized spacial score (nSPS) is 11.1. The molecule has 1 aromatic carbocycles. The highest BCUT2D eigenvalue weighted by atomic mass is 16.3. The summed E-state index contributed by atoms with van der Waals surface area (Å²) in [5, 5.41) is 9.58. The van der Waals surface area contributed by atoms with Gasteiger partial charge in [0.15, 0.2) is 0 Å². The molecule has 0 spiro atoms. The highest BCUT2D eigenvalue weighted by molar-refractivity contribution is 5.62. The molecule has 0 saturated heterocycles. The van der Waals surface area contributed by atoms with E-state index in [1.165, 1.54) is 0 Å². The summed E-state index contributed by atoms with van der Waals surface area (Å²) in [6.45, 7) is 6.46. The second-order valence-electron chi connectivity index (χ2n) is 3.51. The van der Waals surface area contributed by atoms with Gasteiger partial charge in [-0.2, -0.15) is 0 Å².